The smallest absolute Gasteiger partial charge is 0.348 e. The van der Waals surface area contributed by atoms with E-state index in [1.165, 1.54) is 29.7 Å². The number of hydrogen-bond acceptors (Lipinski definition) is 7. The van der Waals surface area contributed by atoms with Crippen LogP contribution in [0.15, 0.2) is 23.5 Å². The SMILES string of the molecule is CC(=O)N1[C@@H](C(=O)OC2(C(=O)O)CCC3C4CCC5=CC(O)=CC(=O)C5(C)C4CCC32C)CSC1(C)C. The van der Waals surface area contributed by atoms with E-state index < -0.39 is 39.3 Å². The number of fused-ring (bicyclic) bond motifs is 5. The number of aliphatic hydroxyl groups is 1. The van der Waals surface area contributed by atoms with E-state index in [0.717, 1.165) is 12.0 Å². The summed E-state index contributed by atoms with van der Waals surface area (Å²) >= 11 is 1.48. The van der Waals surface area contributed by atoms with E-state index in [-0.39, 0.29) is 41.6 Å². The number of rotatable bonds is 3. The van der Waals surface area contributed by atoms with Crippen LogP contribution in [0.2, 0.25) is 0 Å². The lowest BCUT2D eigenvalue weighted by atomic mass is 9.46. The molecule has 37 heavy (non-hydrogen) atoms. The van der Waals surface area contributed by atoms with Crippen molar-refractivity contribution in [3.8, 4) is 0 Å². The largest absolute Gasteiger partial charge is 0.508 e. The highest BCUT2D eigenvalue weighted by molar-refractivity contribution is 8.00. The molecule has 1 saturated heterocycles. The summed E-state index contributed by atoms with van der Waals surface area (Å²) in [4.78, 5) is 53.0. The summed E-state index contributed by atoms with van der Waals surface area (Å²) in [5.74, 6) is -1.59. The Hall–Kier alpha value is -2.29. The number of carbonyl (C=O) groups is 4. The molecule has 4 fully saturated rings. The van der Waals surface area contributed by atoms with Crippen LogP contribution in [0, 0.1) is 28.6 Å². The van der Waals surface area contributed by atoms with E-state index in [9.17, 15) is 29.4 Å². The number of carboxylic acids is 1. The van der Waals surface area contributed by atoms with Gasteiger partial charge in [-0.25, -0.2) is 9.59 Å². The lowest BCUT2D eigenvalue weighted by Crippen LogP contribution is -2.61. The van der Waals surface area contributed by atoms with Gasteiger partial charge in [-0.05, 0) is 83.1 Å². The minimum Gasteiger partial charge on any atom is -0.508 e. The van der Waals surface area contributed by atoms with Gasteiger partial charge in [0.25, 0.3) is 0 Å². The number of allylic oxidation sites excluding steroid dienone is 3. The van der Waals surface area contributed by atoms with Gasteiger partial charge in [0.1, 0.15) is 11.8 Å². The molecule has 0 spiro atoms. The number of esters is 1. The quantitative estimate of drug-likeness (QED) is 0.519. The summed E-state index contributed by atoms with van der Waals surface area (Å²) < 4.78 is 6.07. The first kappa shape index (κ1) is 26.3. The molecule has 9 heteroatoms. The number of ether oxygens (including phenoxy) is 1. The van der Waals surface area contributed by atoms with Crippen molar-refractivity contribution in [2.75, 3.05) is 5.75 Å². The molecule has 6 unspecified atom stereocenters. The Kier molecular flexibility index (Phi) is 5.94. The Morgan fingerprint density at radius 3 is 2.38 bits per heavy atom. The molecule has 0 radical (unpaired) electrons. The topological polar surface area (TPSA) is 121 Å². The molecule has 202 valence electrons. The predicted molar refractivity (Wildman–Crippen MR) is 137 cm³/mol. The zero-order chi connectivity index (χ0) is 27.1. The van der Waals surface area contributed by atoms with E-state index in [1.54, 1.807) is 6.08 Å². The van der Waals surface area contributed by atoms with Gasteiger partial charge in [-0.3, -0.25) is 9.59 Å². The molecule has 0 aromatic heterocycles. The summed E-state index contributed by atoms with van der Waals surface area (Å²) in [5.41, 5.74) is -2.20. The van der Waals surface area contributed by atoms with Crippen molar-refractivity contribution in [1.29, 1.82) is 0 Å². The second-order valence-corrected chi connectivity index (χ2v) is 14.1. The summed E-state index contributed by atoms with van der Waals surface area (Å²) in [6.07, 6.45) is 6.51. The van der Waals surface area contributed by atoms with Gasteiger partial charge in [-0.2, -0.15) is 0 Å². The molecule has 1 heterocycles. The summed E-state index contributed by atoms with van der Waals surface area (Å²) in [6, 6.07) is -0.826. The second kappa shape index (κ2) is 8.35. The molecule has 0 aromatic rings. The number of hydrogen-bond donors (Lipinski definition) is 2. The first-order valence-electron chi connectivity index (χ1n) is 13.3. The van der Waals surface area contributed by atoms with Crippen LogP contribution in [-0.4, -0.2) is 61.0 Å². The van der Waals surface area contributed by atoms with E-state index in [0.29, 0.717) is 31.4 Å². The Balaban J connectivity index is 1.45. The highest BCUT2D eigenvalue weighted by Gasteiger charge is 2.70. The van der Waals surface area contributed by atoms with Crippen LogP contribution in [0.3, 0.4) is 0 Å². The third-order valence-corrected chi connectivity index (χ3v) is 11.9. The van der Waals surface area contributed by atoms with E-state index in [1.807, 2.05) is 27.7 Å². The lowest BCUT2D eigenvalue weighted by molar-refractivity contribution is -0.204. The number of carboxylic acid groups (broad SMARTS) is 1. The van der Waals surface area contributed by atoms with Crippen molar-refractivity contribution in [2.24, 2.45) is 28.6 Å². The first-order valence-corrected chi connectivity index (χ1v) is 14.2. The number of amides is 1. The zero-order valence-corrected chi connectivity index (χ0v) is 23.0. The van der Waals surface area contributed by atoms with Gasteiger partial charge in [-0.1, -0.05) is 12.5 Å². The van der Waals surface area contributed by atoms with Gasteiger partial charge in [0.2, 0.25) is 11.5 Å². The average Bonchev–Trinajstić information content (AvgIpc) is 3.29. The molecular formula is C28H37NO7S. The van der Waals surface area contributed by atoms with Crippen LogP contribution >= 0.6 is 11.8 Å². The number of ketones is 1. The van der Waals surface area contributed by atoms with Gasteiger partial charge in [0.05, 0.1) is 10.3 Å². The second-order valence-electron chi connectivity index (χ2n) is 12.4. The zero-order valence-electron chi connectivity index (χ0n) is 22.2. The van der Waals surface area contributed by atoms with Crippen molar-refractivity contribution in [2.45, 2.75) is 89.7 Å². The first-order chi connectivity index (χ1) is 17.2. The van der Waals surface area contributed by atoms with Gasteiger partial charge in [0, 0.05) is 24.2 Å². The highest BCUT2D eigenvalue weighted by atomic mass is 32.2. The maximum Gasteiger partial charge on any atom is 0.348 e. The number of aliphatic carboxylic acids is 1. The van der Waals surface area contributed by atoms with Crippen molar-refractivity contribution >= 4 is 35.4 Å². The Bertz CT molecular complexity index is 1140. The van der Waals surface area contributed by atoms with Crippen LogP contribution in [0.25, 0.3) is 0 Å². The van der Waals surface area contributed by atoms with Gasteiger partial charge in [-0.15, -0.1) is 11.8 Å². The molecular weight excluding hydrogens is 494 g/mol. The molecule has 4 aliphatic carbocycles. The van der Waals surface area contributed by atoms with Crippen LogP contribution in [0.4, 0.5) is 0 Å². The van der Waals surface area contributed by atoms with Crippen LogP contribution in [-0.2, 0) is 23.9 Å². The Morgan fingerprint density at radius 1 is 1.05 bits per heavy atom. The number of nitrogens with zero attached hydrogens (tertiary/aromatic N) is 1. The normalized spacial score (nSPS) is 42.2. The monoisotopic (exact) mass is 531 g/mol. The number of aliphatic hydroxyl groups excluding tert-OH is 1. The number of carbonyl (C=O) groups excluding carboxylic acids is 3. The van der Waals surface area contributed by atoms with Crippen LogP contribution < -0.4 is 0 Å². The summed E-state index contributed by atoms with van der Waals surface area (Å²) in [5, 5.41) is 20.6. The Labute approximate surface area is 221 Å². The van der Waals surface area contributed by atoms with Crippen LogP contribution in [0.5, 0.6) is 0 Å². The molecule has 5 aliphatic rings. The average molecular weight is 532 g/mol. The van der Waals surface area contributed by atoms with Crippen molar-refractivity contribution < 1.29 is 34.1 Å². The predicted octanol–water partition coefficient (Wildman–Crippen LogP) is 4.25. The van der Waals surface area contributed by atoms with Crippen molar-refractivity contribution in [3.63, 3.8) is 0 Å². The summed E-state index contributed by atoms with van der Waals surface area (Å²) in [7, 11) is 0. The Morgan fingerprint density at radius 2 is 1.73 bits per heavy atom. The van der Waals surface area contributed by atoms with Crippen LogP contribution in [0.1, 0.15) is 73.1 Å². The maximum atomic E-state index is 13.6. The van der Waals surface area contributed by atoms with E-state index in [2.05, 4.69) is 0 Å². The minimum atomic E-state index is -1.68. The molecule has 2 N–H and O–H groups in total. The fourth-order valence-electron chi connectivity index (χ4n) is 8.67. The fraction of sp³-hybridized carbons (Fsp3) is 0.714. The van der Waals surface area contributed by atoms with E-state index in [4.69, 9.17) is 4.74 Å². The van der Waals surface area contributed by atoms with Gasteiger partial charge < -0.3 is 19.8 Å². The molecule has 0 bridgehead atoms. The molecule has 1 amide bonds. The van der Waals surface area contributed by atoms with E-state index >= 15 is 0 Å². The molecule has 0 aromatic carbocycles. The van der Waals surface area contributed by atoms with Gasteiger partial charge in [0.15, 0.2) is 5.78 Å². The molecule has 3 saturated carbocycles. The molecule has 1 aliphatic heterocycles. The molecule has 8 nitrogen and oxygen atoms in total. The summed E-state index contributed by atoms with van der Waals surface area (Å²) in [6.45, 7) is 9.09. The van der Waals surface area contributed by atoms with Gasteiger partial charge >= 0.3 is 11.9 Å². The third kappa shape index (κ3) is 3.48. The lowest BCUT2D eigenvalue weighted by Gasteiger charge is -2.57. The minimum absolute atomic E-state index is 0.00195. The highest BCUT2D eigenvalue weighted by Crippen LogP contribution is 2.68. The molecule has 7 atom stereocenters. The molecule has 5 rings (SSSR count). The standard InChI is InChI=1S/C28H37NO7S/c1-15(30)29-21(14-37-25(29,2)3)23(33)36-28(24(34)35)11-9-19-18-7-6-16-12-17(31)13-22(32)27(16,5)20(18)8-10-26(19,28)4/h12-13,18-21,31H,6-11,14H2,1-5H3,(H,34,35)/t18?,19?,20?,21-,26?,27?,28?/m1/s1. The number of thioether (sulfide) groups is 1. The van der Waals surface area contributed by atoms with Crippen molar-refractivity contribution in [1.82, 2.24) is 4.90 Å². The van der Waals surface area contributed by atoms with Crippen molar-refractivity contribution in [3.05, 3.63) is 23.5 Å². The fourth-order valence-corrected chi connectivity index (χ4v) is 9.92. The maximum absolute atomic E-state index is 13.6. The third-order valence-electron chi connectivity index (χ3n) is 10.5.